The zero-order valence-electron chi connectivity index (χ0n) is 18.4. The van der Waals surface area contributed by atoms with Crippen molar-refractivity contribution in [1.29, 1.82) is 0 Å². The minimum Gasteiger partial charge on any atom is -0.493 e. The first-order valence-corrected chi connectivity index (χ1v) is 12.0. The van der Waals surface area contributed by atoms with Gasteiger partial charge in [-0.15, -0.1) is 0 Å². The fourth-order valence-corrected chi connectivity index (χ4v) is 4.27. The lowest BCUT2D eigenvalue weighted by molar-refractivity contribution is -0.114. The smallest absolute Gasteiger partial charge is 0.339 e. The van der Waals surface area contributed by atoms with E-state index in [2.05, 4.69) is 15.8 Å². The number of anilines is 1. The summed E-state index contributed by atoms with van der Waals surface area (Å²) >= 11 is 12.1. The van der Waals surface area contributed by atoms with Crippen LogP contribution in [-0.4, -0.2) is 33.6 Å². The van der Waals surface area contributed by atoms with Crippen molar-refractivity contribution in [3.8, 4) is 11.5 Å². The Morgan fingerprint density at radius 3 is 2.37 bits per heavy atom. The number of carbonyl (C=O) groups excluding carboxylic acids is 2. The first-order chi connectivity index (χ1) is 16.6. The maximum Gasteiger partial charge on any atom is 0.339 e. The zero-order chi connectivity index (χ0) is 25.6. The molecule has 3 aromatic rings. The Hall–Kier alpha value is -3.60. The lowest BCUT2D eigenvalue weighted by Gasteiger charge is -2.13. The van der Waals surface area contributed by atoms with Gasteiger partial charge in [-0.05, 0) is 60.2 Å². The van der Waals surface area contributed by atoms with E-state index in [1.54, 1.807) is 18.2 Å². The second-order valence-corrected chi connectivity index (χ2v) is 9.38. The molecule has 3 aromatic carbocycles. The molecule has 0 fully saturated rings. The van der Waals surface area contributed by atoms with Crippen LogP contribution in [0.3, 0.4) is 0 Å². The summed E-state index contributed by atoms with van der Waals surface area (Å²) in [6.07, 6.45) is 1.30. The summed E-state index contributed by atoms with van der Waals surface area (Å²) in [5, 5.41) is 6.76. The highest BCUT2D eigenvalue weighted by molar-refractivity contribution is 7.87. The SMILES string of the molecule is COc1cc(/C=N\NC(=O)c2cccc(Cl)c2)cc(Cl)c1OS(=O)(=O)c1ccc(NC(C)=O)cc1. The average Bonchev–Trinajstić information content (AvgIpc) is 2.80. The highest BCUT2D eigenvalue weighted by Crippen LogP contribution is 2.38. The molecule has 0 radical (unpaired) electrons. The fourth-order valence-electron chi connectivity index (χ4n) is 2.82. The lowest BCUT2D eigenvalue weighted by atomic mass is 10.2. The summed E-state index contributed by atoms with van der Waals surface area (Å²) in [7, 11) is -2.95. The first-order valence-electron chi connectivity index (χ1n) is 9.87. The van der Waals surface area contributed by atoms with E-state index < -0.39 is 16.0 Å². The Labute approximate surface area is 211 Å². The van der Waals surface area contributed by atoms with Gasteiger partial charge in [0.15, 0.2) is 5.75 Å². The second kappa shape index (κ2) is 11.2. The molecule has 0 aromatic heterocycles. The van der Waals surface area contributed by atoms with Gasteiger partial charge in [-0.2, -0.15) is 13.5 Å². The van der Waals surface area contributed by atoms with Crippen LogP contribution in [0.25, 0.3) is 0 Å². The van der Waals surface area contributed by atoms with Crippen molar-refractivity contribution < 1.29 is 26.9 Å². The molecule has 35 heavy (non-hydrogen) atoms. The monoisotopic (exact) mass is 535 g/mol. The number of nitrogens with zero attached hydrogens (tertiary/aromatic N) is 1. The first kappa shape index (κ1) is 26.0. The topological polar surface area (TPSA) is 123 Å². The number of amides is 2. The maximum atomic E-state index is 12.7. The Balaban J connectivity index is 1.77. The minimum atomic E-state index is -4.27. The number of hydrazone groups is 1. The van der Waals surface area contributed by atoms with Crippen LogP contribution in [-0.2, 0) is 14.9 Å². The minimum absolute atomic E-state index is 0.0264. The molecule has 0 saturated heterocycles. The summed E-state index contributed by atoms with van der Waals surface area (Å²) in [6.45, 7) is 1.34. The van der Waals surface area contributed by atoms with E-state index in [0.717, 1.165) is 0 Å². The molecule has 9 nitrogen and oxygen atoms in total. The predicted octanol–water partition coefficient (Wildman–Crippen LogP) is 4.49. The van der Waals surface area contributed by atoms with Crippen LogP contribution < -0.4 is 19.7 Å². The zero-order valence-corrected chi connectivity index (χ0v) is 20.7. The van der Waals surface area contributed by atoms with Crippen LogP contribution in [0.15, 0.2) is 70.7 Å². The molecule has 182 valence electrons. The third-order valence-electron chi connectivity index (χ3n) is 4.37. The molecule has 12 heteroatoms. The molecule has 3 rings (SSSR count). The lowest BCUT2D eigenvalue weighted by Crippen LogP contribution is -2.17. The summed E-state index contributed by atoms with van der Waals surface area (Å²) in [4.78, 5) is 23.1. The predicted molar refractivity (Wildman–Crippen MR) is 133 cm³/mol. The third kappa shape index (κ3) is 6.95. The second-order valence-electron chi connectivity index (χ2n) is 6.99. The molecule has 0 atom stereocenters. The molecular formula is C23H19Cl2N3O6S. The van der Waals surface area contributed by atoms with Gasteiger partial charge in [-0.1, -0.05) is 29.3 Å². The molecule has 2 N–H and O–H groups in total. The number of ether oxygens (including phenoxy) is 1. The van der Waals surface area contributed by atoms with E-state index in [9.17, 15) is 18.0 Å². The summed E-state index contributed by atoms with van der Waals surface area (Å²) < 4.78 is 35.9. The number of nitrogens with one attached hydrogen (secondary N) is 2. The largest absolute Gasteiger partial charge is 0.493 e. The van der Waals surface area contributed by atoms with Gasteiger partial charge in [0.05, 0.1) is 18.3 Å². The highest BCUT2D eigenvalue weighted by atomic mass is 35.5. The van der Waals surface area contributed by atoms with Gasteiger partial charge in [0.2, 0.25) is 11.7 Å². The van der Waals surface area contributed by atoms with E-state index >= 15 is 0 Å². The molecule has 0 saturated carbocycles. The van der Waals surface area contributed by atoms with Crippen LogP contribution in [0.4, 0.5) is 5.69 Å². The fraction of sp³-hybridized carbons (Fsp3) is 0.0870. The van der Waals surface area contributed by atoms with Crippen LogP contribution in [0.5, 0.6) is 11.5 Å². The standard InChI is InChI=1S/C23H19Cl2N3O6S/c1-14(29)27-18-6-8-19(9-7-18)35(31,32)34-22-20(25)10-15(11-21(22)33-2)13-26-28-23(30)16-4-3-5-17(24)12-16/h3-13H,1-2H3,(H,27,29)(H,28,30)/b26-13-. The van der Waals surface area contributed by atoms with Crippen LogP contribution >= 0.6 is 23.2 Å². The van der Waals surface area contributed by atoms with Crippen molar-refractivity contribution >= 4 is 57.0 Å². The highest BCUT2D eigenvalue weighted by Gasteiger charge is 2.22. The van der Waals surface area contributed by atoms with Gasteiger partial charge in [-0.3, -0.25) is 9.59 Å². The van der Waals surface area contributed by atoms with Gasteiger partial charge in [0.1, 0.15) is 4.90 Å². The Morgan fingerprint density at radius 2 is 1.74 bits per heavy atom. The van der Waals surface area contributed by atoms with Gasteiger partial charge >= 0.3 is 10.1 Å². The number of methoxy groups -OCH3 is 1. The van der Waals surface area contributed by atoms with Crippen molar-refractivity contribution in [2.75, 3.05) is 12.4 Å². The average molecular weight is 536 g/mol. The van der Waals surface area contributed by atoms with Crippen molar-refractivity contribution in [2.24, 2.45) is 5.10 Å². The van der Waals surface area contributed by atoms with E-state index in [0.29, 0.717) is 21.8 Å². The van der Waals surface area contributed by atoms with E-state index in [-0.39, 0.29) is 27.3 Å². The number of hydrogen-bond donors (Lipinski definition) is 2. The third-order valence-corrected chi connectivity index (χ3v) is 6.13. The maximum absolute atomic E-state index is 12.7. The molecule has 0 aliphatic heterocycles. The number of hydrogen-bond acceptors (Lipinski definition) is 7. The Morgan fingerprint density at radius 1 is 1.03 bits per heavy atom. The summed E-state index contributed by atoms with van der Waals surface area (Å²) in [6, 6.07) is 14.6. The molecule has 0 heterocycles. The molecule has 0 spiro atoms. The quantitative estimate of drug-likeness (QED) is 0.249. The number of halogens is 2. The number of benzene rings is 3. The van der Waals surface area contributed by atoms with Gasteiger partial charge < -0.3 is 14.2 Å². The summed E-state index contributed by atoms with van der Waals surface area (Å²) in [5.74, 6) is -0.961. The van der Waals surface area contributed by atoms with Gasteiger partial charge in [-0.25, -0.2) is 5.43 Å². The van der Waals surface area contributed by atoms with E-state index in [1.807, 2.05) is 0 Å². The van der Waals surface area contributed by atoms with Gasteiger partial charge in [0, 0.05) is 23.2 Å². The van der Waals surface area contributed by atoms with Crippen molar-refractivity contribution in [1.82, 2.24) is 5.43 Å². The van der Waals surface area contributed by atoms with E-state index in [4.69, 9.17) is 32.1 Å². The van der Waals surface area contributed by atoms with Crippen molar-refractivity contribution in [3.63, 3.8) is 0 Å². The molecule has 0 aliphatic rings. The Bertz CT molecular complexity index is 1390. The Kier molecular flexibility index (Phi) is 8.34. The van der Waals surface area contributed by atoms with Gasteiger partial charge in [0.25, 0.3) is 5.91 Å². The van der Waals surface area contributed by atoms with E-state index in [1.165, 1.54) is 62.7 Å². The van der Waals surface area contributed by atoms with Crippen LogP contribution in [0, 0.1) is 0 Å². The van der Waals surface area contributed by atoms with Crippen LogP contribution in [0.1, 0.15) is 22.8 Å². The molecule has 0 aliphatic carbocycles. The molecular weight excluding hydrogens is 517 g/mol. The summed E-state index contributed by atoms with van der Waals surface area (Å²) in [5.41, 5.74) is 3.51. The van der Waals surface area contributed by atoms with Crippen molar-refractivity contribution in [2.45, 2.75) is 11.8 Å². The van der Waals surface area contributed by atoms with Crippen molar-refractivity contribution in [3.05, 3.63) is 81.8 Å². The van der Waals surface area contributed by atoms with Crippen LogP contribution in [0.2, 0.25) is 10.0 Å². The molecule has 0 bridgehead atoms. The molecule has 2 amide bonds. The number of rotatable bonds is 8. The number of carbonyl (C=O) groups is 2. The molecule has 0 unspecified atom stereocenters. The normalized spacial score (nSPS) is 11.2.